The molecule has 0 atom stereocenters. The topological polar surface area (TPSA) is 58.6 Å². The second kappa shape index (κ2) is 7.55. The summed E-state index contributed by atoms with van der Waals surface area (Å²) >= 11 is 7.82. The van der Waals surface area contributed by atoms with E-state index in [9.17, 15) is 4.79 Å². The summed E-state index contributed by atoms with van der Waals surface area (Å²) in [5.41, 5.74) is 5.28. The predicted octanol–water partition coefficient (Wildman–Crippen LogP) is 5.63. The van der Waals surface area contributed by atoms with Crippen molar-refractivity contribution >= 4 is 40.3 Å². The van der Waals surface area contributed by atoms with Gasteiger partial charge >= 0.3 is 0 Å². The average Bonchev–Trinajstić information content (AvgIpc) is 3.08. The molecule has 2 heterocycles. The quantitative estimate of drug-likeness (QED) is 0.446. The highest BCUT2D eigenvalue weighted by Gasteiger charge is 2.12. The zero-order valence-electron chi connectivity index (χ0n) is 14.6. The van der Waals surface area contributed by atoms with Crippen molar-refractivity contribution in [1.29, 1.82) is 0 Å². The van der Waals surface area contributed by atoms with Crippen LogP contribution in [0.25, 0.3) is 33.5 Å². The van der Waals surface area contributed by atoms with Crippen LogP contribution in [0.1, 0.15) is 6.92 Å². The number of fused-ring (bicyclic) bond motifs is 1. The molecule has 0 saturated heterocycles. The number of Topliss-reactive ketones (excluding diaryl/α,β-unsaturated/α-hetero) is 1. The van der Waals surface area contributed by atoms with E-state index in [0.717, 1.165) is 22.2 Å². The molecule has 0 unspecified atom stereocenters. The van der Waals surface area contributed by atoms with E-state index in [0.29, 0.717) is 27.3 Å². The van der Waals surface area contributed by atoms with Gasteiger partial charge in [-0.3, -0.25) is 4.79 Å². The summed E-state index contributed by atoms with van der Waals surface area (Å²) in [5.74, 6) is 0.479. The molecule has 27 heavy (non-hydrogen) atoms. The first-order valence-corrected chi connectivity index (χ1v) is 9.81. The molecule has 0 fully saturated rings. The maximum atomic E-state index is 11.2. The molecule has 4 rings (SSSR count). The summed E-state index contributed by atoms with van der Waals surface area (Å²) in [4.78, 5) is 23.4. The Morgan fingerprint density at radius 3 is 2.37 bits per heavy atom. The molecule has 134 valence electrons. The molecule has 0 amide bonds. The van der Waals surface area contributed by atoms with E-state index in [1.54, 1.807) is 6.92 Å². The number of pyridine rings is 1. The Bertz CT molecular complexity index is 1110. The summed E-state index contributed by atoms with van der Waals surface area (Å²) < 4.78 is 0. The summed E-state index contributed by atoms with van der Waals surface area (Å²) in [6.45, 7) is 1.56. The fourth-order valence-corrected chi connectivity index (χ4v) is 3.72. The number of nitrogens with zero attached hydrogens (tertiary/aromatic N) is 2. The Hall–Kier alpha value is -2.63. The minimum absolute atomic E-state index is 0.102. The van der Waals surface area contributed by atoms with Gasteiger partial charge < -0.3 is 4.98 Å². The van der Waals surface area contributed by atoms with Crippen LogP contribution in [0.3, 0.4) is 0 Å². The molecule has 0 spiro atoms. The van der Waals surface area contributed by atoms with Crippen molar-refractivity contribution < 1.29 is 4.79 Å². The predicted molar refractivity (Wildman–Crippen MR) is 111 cm³/mol. The highest BCUT2D eigenvalue weighted by Crippen LogP contribution is 2.31. The number of carbonyl (C=O) groups excluding carboxylic acids is 1. The molecule has 0 aliphatic heterocycles. The van der Waals surface area contributed by atoms with Crippen LogP contribution in [0.2, 0.25) is 5.02 Å². The lowest BCUT2D eigenvalue weighted by atomic mass is 10.0. The van der Waals surface area contributed by atoms with Crippen LogP contribution < -0.4 is 0 Å². The minimum atomic E-state index is 0.102. The van der Waals surface area contributed by atoms with Gasteiger partial charge in [0.25, 0.3) is 0 Å². The Morgan fingerprint density at radius 2 is 1.67 bits per heavy atom. The van der Waals surface area contributed by atoms with Gasteiger partial charge in [0.15, 0.2) is 10.8 Å². The zero-order chi connectivity index (χ0) is 18.8. The molecular weight excluding hydrogens is 378 g/mol. The van der Waals surface area contributed by atoms with Gasteiger partial charge in [0.05, 0.1) is 22.0 Å². The highest BCUT2D eigenvalue weighted by molar-refractivity contribution is 7.99. The van der Waals surface area contributed by atoms with Crippen LogP contribution in [0.4, 0.5) is 0 Å². The van der Waals surface area contributed by atoms with Gasteiger partial charge in [-0.25, -0.2) is 9.97 Å². The fraction of sp³-hybridized carbons (Fsp3) is 0.0952. The lowest BCUT2D eigenvalue weighted by molar-refractivity contribution is -0.114. The maximum absolute atomic E-state index is 11.2. The summed E-state index contributed by atoms with van der Waals surface area (Å²) in [6.07, 6.45) is 0. The SMILES string of the molecule is CC(=O)CSc1nc2nc(-c3ccc(-c4ccccc4)cc3)c(Cl)cc2[nH]1. The Labute approximate surface area is 166 Å². The molecule has 0 aliphatic carbocycles. The number of aromatic nitrogens is 3. The number of hydrogen-bond acceptors (Lipinski definition) is 4. The molecule has 2 aromatic heterocycles. The third-order valence-corrected chi connectivity index (χ3v) is 5.39. The largest absolute Gasteiger partial charge is 0.331 e. The summed E-state index contributed by atoms with van der Waals surface area (Å²) in [5, 5.41) is 1.22. The molecule has 4 nitrogen and oxygen atoms in total. The third-order valence-electron chi connectivity index (χ3n) is 4.08. The monoisotopic (exact) mass is 393 g/mol. The third kappa shape index (κ3) is 3.89. The second-order valence-corrected chi connectivity index (χ2v) is 7.54. The smallest absolute Gasteiger partial charge is 0.179 e. The first-order valence-electron chi connectivity index (χ1n) is 8.44. The van der Waals surface area contributed by atoms with Crippen molar-refractivity contribution in [3.63, 3.8) is 0 Å². The van der Waals surface area contributed by atoms with E-state index in [-0.39, 0.29) is 5.78 Å². The molecule has 0 radical (unpaired) electrons. The molecule has 0 saturated carbocycles. The number of hydrogen-bond donors (Lipinski definition) is 1. The van der Waals surface area contributed by atoms with Crippen LogP contribution in [0.15, 0.2) is 65.8 Å². The van der Waals surface area contributed by atoms with Crippen molar-refractivity contribution in [1.82, 2.24) is 15.0 Å². The lowest BCUT2D eigenvalue weighted by Gasteiger charge is -2.06. The number of benzene rings is 2. The molecule has 6 heteroatoms. The van der Waals surface area contributed by atoms with Gasteiger partial charge in [-0.05, 0) is 24.1 Å². The van der Waals surface area contributed by atoms with E-state index < -0.39 is 0 Å². The fourth-order valence-electron chi connectivity index (χ4n) is 2.79. The number of carbonyl (C=O) groups is 1. The summed E-state index contributed by atoms with van der Waals surface area (Å²) in [7, 11) is 0. The number of imidazole rings is 1. The average molecular weight is 394 g/mol. The van der Waals surface area contributed by atoms with E-state index >= 15 is 0 Å². The van der Waals surface area contributed by atoms with Gasteiger partial charge in [0.2, 0.25) is 0 Å². The normalized spacial score (nSPS) is 11.0. The zero-order valence-corrected chi connectivity index (χ0v) is 16.1. The minimum Gasteiger partial charge on any atom is -0.331 e. The van der Waals surface area contributed by atoms with Crippen LogP contribution >= 0.6 is 23.4 Å². The van der Waals surface area contributed by atoms with E-state index in [1.165, 1.54) is 11.8 Å². The van der Waals surface area contributed by atoms with Crippen molar-refractivity contribution in [2.45, 2.75) is 12.1 Å². The molecule has 4 aromatic rings. The Morgan fingerprint density at radius 1 is 1.00 bits per heavy atom. The number of ketones is 1. The van der Waals surface area contributed by atoms with Crippen molar-refractivity contribution in [3.05, 3.63) is 65.7 Å². The van der Waals surface area contributed by atoms with Gasteiger partial charge in [-0.15, -0.1) is 0 Å². The maximum Gasteiger partial charge on any atom is 0.179 e. The number of halogens is 1. The van der Waals surface area contributed by atoms with Gasteiger partial charge in [-0.1, -0.05) is 78.0 Å². The van der Waals surface area contributed by atoms with E-state index in [1.807, 2.05) is 36.4 Å². The second-order valence-electron chi connectivity index (χ2n) is 6.17. The molecule has 0 aliphatic rings. The highest BCUT2D eigenvalue weighted by atomic mass is 35.5. The molecule has 2 aromatic carbocycles. The van der Waals surface area contributed by atoms with Gasteiger partial charge in [0.1, 0.15) is 5.78 Å². The van der Waals surface area contributed by atoms with Gasteiger partial charge in [-0.2, -0.15) is 0 Å². The van der Waals surface area contributed by atoms with Crippen molar-refractivity contribution in [3.8, 4) is 22.4 Å². The van der Waals surface area contributed by atoms with Crippen LogP contribution in [0, 0.1) is 0 Å². The van der Waals surface area contributed by atoms with Crippen molar-refractivity contribution in [2.75, 3.05) is 5.75 Å². The molecule has 0 bridgehead atoms. The van der Waals surface area contributed by atoms with Crippen LogP contribution in [0.5, 0.6) is 0 Å². The Balaban J connectivity index is 1.66. The van der Waals surface area contributed by atoms with Crippen LogP contribution in [-0.2, 0) is 4.79 Å². The number of aromatic amines is 1. The lowest BCUT2D eigenvalue weighted by Crippen LogP contribution is -1.93. The number of thioether (sulfide) groups is 1. The molecule has 1 N–H and O–H groups in total. The van der Waals surface area contributed by atoms with Crippen molar-refractivity contribution in [2.24, 2.45) is 0 Å². The number of H-pyrrole nitrogens is 1. The number of nitrogens with one attached hydrogen (secondary N) is 1. The Kier molecular flexibility index (Phi) is 4.97. The standard InChI is InChI=1S/C21H16ClN3OS/c1-13(26)12-27-21-23-18-11-17(22)19(24-20(18)25-21)16-9-7-15(8-10-16)14-5-3-2-4-6-14/h2-11H,12H2,1H3,(H,23,24,25). The molecular formula is C21H16ClN3OS. The van der Waals surface area contributed by atoms with E-state index in [2.05, 4.69) is 39.2 Å². The summed E-state index contributed by atoms with van der Waals surface area (Å²) in [6, 6.07) is 20.2. The van der Waals surface area contributed by atoms with E-state index in [4.69, 9.17) is 11.6 Å². The number of rotatable bonds is 5. The van der Waals surface area contributed by atoms with Gasteiger partial charge in [0, 0.05) is 5.56 Å². The van der Waals surface area contributed by atoms with Crippen LogP contribution in [-0.4, -0.2) is 26.5 Å². The first-order chi connectivity index (χ1) is 13.1. The first kappa shape index (κ1) is 17.8.